The van der Waals surface area contributed by atoms with Crippen LogP contribution in [0.15, 0.2) is 0 Å². The molecule has 0 aromatic carbocycles. The van der Waals surface area contributed by atoms with Crippen LogP contribution in [0.4, 0.5) is 0 Å². The van der Waals surface area contributed by atoms with Gasteiger partial charge in [-0.1, -0.05) is 0 Å². The molecule has 0 saturated heterocycles. The third kappa shape index (κ3) is 1.42. The Morgan fingerprint density at radius 2 is 2.00 bits per heavy atom. The highest BCUT2D eigenvalue weighted by Gasteiger charge is 2.57. The predicted octanol–water partition coefficient (Wildman–Crippen LogP) is 1.41. The maximum Gasteiger partial charge on any atom is 0.368 e. The predicted molar refractivity (Wildman–Crippen MR) is 52.6 cm³/mol. The molecule has 0 aromatic heterocycles. The fourth-order valence-corrected chi connectivity index (χ4v) is 2.46. The zero-order chi connectivity index (χ0) is 10.8. The molecule has 0 spiro atoms. The Morgan fingerprint density at radius 1 is 1.50 bits per heavy atom. The molecule has 1 atom stereocenters. The lowest BCUT2D eigenvalue weighted by Gasteiger charge is -2.41. The minimum atomic E-state index is -0.721. The summed E-state index contributed by atoms with van der Waals surface area (Å²) in [5, 5.41) is 9.37. The number of carboxylic acids is 1. The zero-order valence-electron chi connectivity index (χ0n) is 9.25. The largest absolute Gasteiger partial charge is 0.477 e. The lowest BCUT2D eigenvalue weighted by Crippen LogP contribution is -2.64. The molecule has 0 aromatic rings. The van der Waals surface area contributed by atoms with Crippen LogP contribution in [0.25, 0.3) is 0 Å². The van der Waals surface area contributed by atoms with Gasteiger partial charge in [-0.25, -0.2) is 9.63 Å². The van der Waals surface area contributed by atoms with E-state index in [2.05, 4.69) is 0 Å². The molecular weight excluding hydrogens is 182 g/mol. The molecular formula is C10H20NO3+. The highest BCUT2D eigenvalue weighted by Crippen LogP contribution is 2.39. The molecule has 0 amide bonds. The molecule has 0 heterocycles. The maximum atomic E-state index is 11.4. The van der Waals surface area contributed by atoms with E-state index < -0.39 is 11.5 Å². The summed E-state index contributed by atoms with van der Waals surface area (Å²) in [7, 11) is 3.45. The molecule has 0 aliphatic heterocycles. The van der Waals surface area contributed by atoms with Gasteiger partial charge in [-0.2, -0.15) is 4.65 Å². The van der Waals surface area contributed by atoms with Crippen molar-refractivity contribution in [1.82, 2.24) is 0 Å². The third-order valence-corrected chi connectivity index (χ3v) is 3.74. The number of likely N-dealkylation sites (N-methyl/N-ethyl adjacent to an activating group) is 1. The summed E-state index contributed by atoms with van der Waals surface area (Å²) in [4.78, 5) is 16.8. The van der Waals surface area contributed by atoms with E-state index in [1.807, 2.05) is 14.0 Å². The summed E-state index contributed by atoms with van der Waals surface area (Å²) in [6.45, 7) is 2.65. The summed E-state index contributed by atoms with van der Waals surface area (Å²) in [6.07, 6.45) is 3.42. The first-order valence-corrected chi connectivity index (χ1v) is 5.17. The molecule has 14 heavy (non-hydrogen) atoms. The van der Waals surface area contributed by atoms with Crippen LogP contribution < -0.4 is 0 Å². The molecule has 1 aliphatic carbocycles. The Morgan fingerprint density at radius 3 is 2.29 bits per heavy atom. The number of aliphatic carboxylic acids is 1. The monoisotopic (exact) mass is 202 g/mol. The molecule has 0 bridgehead atoms. The van der Waals surface area contributed by atoms with Gasteiger partial charge in [0.2, 0.25) is 5.54 Å². The number of hydrogen-bond acceptors (Lipinski definition) is 2. The van der Waals surface area contributed by atoms with Crippen molar-refractivity contribution < 1.29 is 19.4 Å². The molecule has 4 heteroatoms. The van der Waals surface area contributed by atoms with Crippen molar-refractivity contribution in [3.05, 3.63) is 0 Å². The van der Waals surface area contributed by atoms with Crippen molar-refractivity contribution in [2.75, 3.05) is 20.7 Å². The van der Waals surface area contributed by atoms with Crippen molar-refractivity contribution >= 4 is 5.97 Å². The van der Waals surface area contributed by atoms with Gasteiger partial charge in [-0.15, -0.1) is 0 Å². The third-order valence-electron chi connectivity index (χ3n) is 3.74. The molecule has 82 valence electrons. The molecule has 1 saturated carbocycles. The minimum absolute atomic E-state index is 0.183. The Bertz CT molecular complexity index is 217. The highest BCUT2D eigenvalue weighted by atomic mass is 16.7. The molecule has 4 nitrogen and oxygen atoms in total. The van der Waals surface area contributed by atoms with E-state index in [9.17, 15) is 9.90 Å². The van der Waals surface area contributed by atoms with Crippen LogP contribution in [0.3, 0.4) is 0 Å². The van der Waals surface area contributed by atoms with E-state index in [1.165, 1.54) is 0 Å². The number of hydrogen-bond donors (Lipinski definition) is 1. The second-order valence-corrected chi connectivity index (χ2v) is 4.14. The van der Waals surface area contributed by atoms with Crippen LogP contribution in [0, 0.1) is 0 Å². The van der Waals surface area contributed by atoms with Gasteiger partial charge in [-0.05, 0) is 19.8 Å². The molecule has 1 aliphatic rings. The van der Waals surface area contributed by atoms with Crippen LogP contribution in [0.1, 0.15) is 32.6 Å². The zero-order valence-corrected chi connectivity index (χ0v) is 9.25. The van der Waals surface area contributed by atoms with Crippen LogP contribution in [0.2, 0.25) is 0 Å². The van der Waals surface area contributed by atoms with Crippen LogP contribution in [-0.4, -0.2) is 42.0 Å². The van der Waals surface area contributed by atoms with E-state index >= 15 is 0 Å². The smallest absolute Gasteiger partial charge is 0.368 e. The Balaban J connectivity index is 3.03. The number of nitrogens with zero attached hydrogens (tertiary/aromatic N) is 1. The topological polar surface area (TPSA) is 46.5 Å². The number of quaternary nitrogens is 1. The van der Waals surface area contributed by atoms with Crippen LogP contribution >= 0.6 is 0 Å². The van der Waals surface area contributed by atoms with Crippen LogP contribution in [0.5, 0.6) is 0 Å². The Kier molecular flexibility index (Phi) is 3.17. The number of carbonyl (C=O) groups is 1. The number of hydroxylamine groups is 3. The lowest BCUT2D eigenvalue weighted by atomic mass is 9.95. The van der Waals surface area contributed by atoms with Crippen molar-refractivity contribution in [2.24, 2.45) is 0 Å². The SMILES string of the molecule is CC[N+](C)(OC)C1(C(=O)O)CCCC1. The van der Waals surface area contributed by atoms with E-state index in [1.54, 1.807) is 7.11 Å². The van der Waals surface area contributed by atoms with E-state index in [0.717, 1.165) is 25.7 Å². The summed E-state index contributed by atoms with van der Waals surface area (Å²) in [5.41, 5.74) is -0.719. The fraction of sp³-hybridized carbons (Fsp3) is 0.900. The Hall–Kier alpha value is -0.610. The summed E-state index contributed by atoms with van der Waals surface area (Å²) in [5.74, 6) is -0.721. The summed E-state index contributed by atoms with van der Waals surface area (Å²) in [6, 6.07) is 0. The van der Waals surface area contributed by atoms with Gasteiger partial charge in [0, 0.05) is 12.8 Å². The average Bonchev–Trinajstić information content (AvgIpc) is 2.66. The normalized spacial score (nSPS) is 24.5. The highest BCUT2D eigenvalue weighted by molar-refractivity contribution is 5.77. The van der Waals surface area contributed by atoms with Gasteiger partial charge < -0.3 is 5.11 Å². The van der Waals surface area contributed by atoms with Crippen molar-refractivity contribution in [3.63, 3.8) is 0 Å². The lowest BCUT2D eigenvalue weighted by molar-refractivity contribution is -1.12. The molecule has 1 unspecified atom stereocenters. The summed E-state index contributed by atoms with van der Waals surface area (Å²) >= 11 is 0. The van der Waals surface area contributed by atoms with Crippen molar-refractivity contribution in [2.45, 2.75) is 38.1 Å². The van der Waals surface area contributed by atoms with Gasteiger partial charge in [0.15, 0.2) is 0 Å². The minimum Gasteiger partial charge on any atom is -0.477 e. The fourth-order valence-electron chi connectivity index (χ4n) is 2.46. The average molecular weight is 202 g/mol. The first-order chi connectivity index (χ1) is 6.52. The van der Waals surface area contributed by atoms with Gasteiger partial charge in [0.25, 0.3) is 0 Å². The van der Waals surface area contributed by atoms with Gasteiger partial charge >= 0.3 is 5.97 Å². The van der Waals surface area contributed by atoms with Gasteiger partial charge in [-0.3, -0.25) is 0 Å². The second kappa shape index (κ2) is 3.87. The van der Waals surface area contributed by atoms with Gasteiger partial charge in [0.05, 0.1) is 14.2 Å². The Labute approximate surface area is 85.0 Å². The van der Waals surface area contributed by atoms with E-state index in [4.69, 9.17) is 4.84 Å². The van der Waals surface area contributed by atoms with Crippen molar-refractivity contribution in [1.29, 1.82) is 0 Å². The number of carboxylic acid groups (broad SMARTS) is 1. The standard InChI is InChI=1S/C10H19NO3/c1-4-11(2,14-3)10(9(12)13)7-5-6-8-10/h4-8H2,1-3H3/p+1. The molecule has 1 rings (SSSR count). The second-order valence-electron chi connectivity index (χ2n) is 4.14. The van der Waals surface area contributed by atoms with E-state index in [0.29, 0.717) is 6.54 Å². The maximum absolute atomic E-state index is 11.4. The molecule has 1 fully saturated rings. The summed E-state index contributed by atoms with van der Waals surface area (Å²) < 4.78 is 0.183. The first kappa shape index (κ1) is 11.5. The number of rotatable bonds is 4. The molecule has 1 N–H and O–H groups in total. The van der Waals surface area contributed by atoms with Crippen LogP contribution in [-0.2, 0) is 9.63 Å². The molecule has 0 radical (unpaired) electrons. The van der Waals surface area contributed by atoms with E-state index in [-0.39, 0.29) is 4.65 Å². The van der Waals surface area contributed by atoms with Crippen molar-refractivity contribution in [3.8, 4) is 0 Å². The first-order valence-electron chi connectivity index (χ1n) is 5.17. The van der Waals surface area contributed by atoms with Gasteiger partial charge in [0.1, 0.15) is 6.54 Å². The quantitative estimate of drug-likeness (QED) is 0.554.